The molecular formula is C19H22N2O7S. The summed E-state index contributed by atoms with van der Waals surface area (Å²) in [4.78, 5) is 37.2. The molecule has 2 aliphatic rings. The van der Waals surface area contributed by atoms with E-state index in [0.29, 0.717) is 10.5 Å². The Hall–Kier alpha value is -2.59. The van der Waals surface area contributed by atoms with Crippen molar-refractivity contribution in [1.29, 1.82) is 0 Å². The minimum Gasteiger partial charge on any atom is -0.456 e. The van der Waals surface area contributed by atoms with Crippen LogP contribution in [0, 0.1) is 16.0 Å². The number of nitro benzene ring substituents is 1. The predicted molar refractivity (Wildman–Crippen MR) is 104 cm³/mol. The van der Waals surface area contributed by atoms with Crippen molar-refractivity contribution in [2.75, 3.05) is 5.75 Å². The topological polar surface area (TPSA) is 127 Å². The SMILES string of the molecule is CCS(=O)C1=C(C(=O)OCc2ccc([N+](=O)[O-])cc2)N2C(=O)[C@@H](C(C)(C)O)[C@H]2C1. The van der Waals surface area contributed by atoms with E-state index in [1.54, 1.807) is 6.92 Å². The van der Waals surface area contributed by atoms with Crippen molar-refractivity contribution < 1.29 is 28.6 Å². The van der Waals surface area contributed by atoms with Gasteiger partial charge in [-0.25, -0.2) is 4.79 Å². The molecule has 1 N–H and O–H groups in total. The van der Waals surface area contributed by atoms with Crippen LogP contribution >= 0.6 is 0 Å². The summed E-state index contributed by atoms with van der Waals surface area (Å²) in [6.07, 6.45) is 0.253. The van der Waals surface area contributed by atoms with E-state index in [1.165, 1.54) is 43.0 Å². The first-order valence-electron chi connectivity index (χ1n) is 9.13. The van der Waals surface area contributed by atoms with Crippen molar-refractivity contribution in [3.8, 4) is 0 Å². The number of hydrogen-bond donors (Lipinski definition) is 1. The van der Waals surface area contributed by atoms with E-state index >= 15 is 0 Å². The Kier molecular flexibility index (Phi) is 5.59. The van der Waals surface area contributed by atoms with E-state index in [1.807, 2.05) is 0 Å². The number of hydrogen-bond acceptors (Lipinski definition) is 7. The molecule has 10 heteroatoms. The number of nitro groups is 1. The Labute approximate surface area is 169 Å². The molecule has 0 aromatic heterocycles. The molecule has 2 heterocycles. The number of fused-ring (bicyclic) bond motifs is 1. The molecule has 2 aliphatic heterocycles. The number of amides is 1. The van der Waals surface area contributed by atoms with Crippen molar-refractivity contribution in [2.24, 2.45) is 5.92 Å². The molecule has 1 unspecified atom stereocenters. The Morgan fingerprint density at radius 1 is 1.38 bits per heavy atom. The van der Waals surface area contributed by atoms with Gasteiger partial charge in [0, 0.05) is 29.2 Å². The van der Waals surface area contributed by atoms with Gasteiger partial charge in [-0.3, -0.25) is 19.1 Å². The van der Waals surface area contributed by atoms with Crippen LogP contribution in [0.15, 0.2) is 34.9 Å². The van der Waals surface area contributed by atoms with E-state index in [9.17, 15) is 29.0 Å². The zero-order valence-corrected chi connectivity index (χ0v) is 17.1. The largest absolute Gasteiger partial charge is 0.456 e. The number of ether oxygens (including phenoxy) is 1. The molecule has 1 aromatic carbocycles. The maximum Gasteiger partial charge on any atom is 0.356 e. The maximum atomic E-state index is 12.7. The first-order chi connectivity index (χ1) is 13.6. The Morgan fingerprint density at radius 2 is 2.00 bits per heavy atom. The third-order valence-electron chi connectivity index (χ3n) is 5.13. The molecule has 1 saturated heterocycles. The summed E-state index contributed by atoms with van der Waals surface area (Å²) in [5.41, 5.74) is -0.801. The van der Waals surface area contributed by atoms with Crippen molar-refractivity contribution in [2.45, 2.75) is 45.4 Å². The summed E-state index contributed by atoms with van der Waals surface area (Å²) in [6.45, 7) is 4.64. The van der Waals surface area contributed by atoms with Crippen LogP contribution in [-0.2, 0) is 31.7 Å². The molecule has 3 atom stereocenters. The molecule has 9 nitrogen and oxygen atoms in total. The van der Waals surface area contributed by atoms with Crippen molar-refractivity contribution >= 4 is 28.4 Å². The van der Waals surface area contributed by atoms with Crippen LogP contribution in [-0.4, -0.2) is 48.4 Å². The minimum atomic E-state index is -1.44. The van der Waals surface area contributed by atoms with Crippen LogP contribution in [0.1, 0.15) is 32.8 Å². The summed E-state index contributed by atoms with van der Waals surface area (Å²) in [6, 6.07) is 5.13. The van der Waals surface area contributed by atoms with E-state index < -0.39 is 45.2 Å². The maximum absolute atomic E-state index is 12.7. The molecule has 156 valence electrons. The van der Waals surface area contributed by atoms with E-state index in [4.69, 9.17) is 4.74 Å². The number of β-lactam (4-membered cyclic amide) rings is 1. The van der Waals surface area contributed by atoms with Crippen LogP contribution in [0.5, 0.6) is 0 Å². The van der Waals surface area contributed by atoms with Crippen molar-refractivity contribution in [3.05, 3.63) is 50.5 Å². The van der Waals surface area contributed by atoms with Gasteiger partial charge in [0.2, 0.25) is 5.91 Å². The van der Waals surface area contributed by atoms with Gasteiger partial charge in [-0.15, -0.1) is 0 Å². The predicted octanol–water partition coefficient (Wildman–Crippen LogP) is 1.62. The summed E-state index contributed by atoms with van der Waals surface area (Å²) in [7, 11) is -1.44. The average molecular weight is 422 g/mol. The van der Waals surface area contributed by atoms with Gasteiger partial charge in [0.05, 0.1) is 33.3 Å². The third kappa shape index (κ3) is 3.82. The number of nitrogens with zero attached hydrogens (tertiary/aromatic N) is 2. The fourth-order valence-corrected chi connectivity index (χ4v) is 4.84. The summed E-state index contributed by atoms with van der Waals surface area (Å²) in [5.74, 6) is -1.56. The lowest BCUT2D eigenvalue weighted by Crippen LogP contribution is -2.65. The standard InChI is InChI=1S/C19H22N2O7S/c1-4-29(27)14-9-13-15(19(2,3)24)17(22)20(13)16(14)18(23)28-10-11-5-7-12(8-6-11)21(25)26/h5-8,13,15,24H,4,9-10H2,1-3H3/t13-,15+,29?/m1/s1. The van der Waals surface area contributed by atoms with Gasteiger partial charge < -0.3 is 14.7 Å². The molecule has 29 heavy (non-hydrogen) atoms. The Bertz CT molecular complexity index is 917. The molecule has 1 fully saturated rings. The van der Waals surface area contributed by atoms with Gasteiger partial charge in [-0.1, -0.05) is 6.92 Å². The second-order valence-corrected chi connectivity index (χ2v) is 9.28. The van der Waals surface area contributed by atoms with Gasteiger partial charge in [0.15, 0.2) is 0 Å². The molecule has 3 rings (SSSR count). The van der Waals surface area contributed by atoms with Gasteiger partial charge >= 0.3 is 5.97 Å². The number of esters is 1. The highest BCUT2D eigenvalue weighted by Gasteiger charge is 2.60. The average Bonchev–Trinajstić information content (AvgIpc) is 2.99. The number of carbonyl (C=O) groups excluding carboxylic acids is 2. The summed E-state index contributed by atoms with van der Waals surface area (Å²) >= 11 is 0. The van der Waals surface area contributed by atoms with Gasteiger partial charge in [-0.05, 0) is 31.5 Å². The first kappa shape index (κ1) is 21.1. The van der Waals surface area contributed by atoms with Gasteiger partial charge in [-0.2, -0.15) is 0 Å². The number of non-ortho nitro benzene ring substituents is 1. The quantitative estimate of drug-likeness (QED) is 0.306. The molecular weight excluding hydrogens is 400 g/mol. The van der Waals surface area contributed by atoms with Crippen LogP contribution in [0.2, 0.25) is 0 Å². The molecule has 0 radical (unpaired) electrons. The van der Waals surface area contributed by atoms with Crippen LogP contribution in [0.4, 0.5) is 5.69 Å². The number of benzene rings is 1. The van der Waals surface area contributed by atoms with Gasteiger partial charge in [0.1, 0.15) is 12.3 Å². The molecule has 1 amide bonds. The fourth-order valence-electron chi connectivity index (χ4n) is 3.74. The Morgan fingerprint density at radius 3 is 2.52 bits per heavy atom. The van der Waals surface area contributed by atoms with Crippen LogP contribution in [0.3, 0.4) is 0 Å². The van der Waals surface area contributed by atoms with Gasteiger partial charge in [0.25, 0.3) is 5.69 Å². The lowest BCUT2D eigenvalue weighted by Gasteiger charge is -2.48. The van der Waals surface area contributed by atoms with E-state index in [-0.39, 0.29) is 30.2 Å². The minimum absolute atomic E-state index is 0.0115. The van der Waals surface area contributed by atoms with Crippen molar-refractivity contribution in [1.82, 2.24) is 4.90 Å². The summed E-state index contributed by atoms with van der Waals surface area (Å²) in [5, 5.41) is 21.0. The lowest BCUT2D eigenvalue weighted by molar-refractivity contribution is -0.384. The van der Waals surface area contributed by atoms with Crippen LogP contribution < -0.4 is 0 Å². The summed E-state index contributed by atoms with van der Waals surface area (Å²) < 4.78 is 17.8. The molecule has 0 spiro atoms. The fraction of sp³-hybridized carbons (Fsp3) is 0.474. The Balaban J connectivity index is 1.78. The van der Waals surface area contributed by atoms with E-state index in [2.05, 4.69) is 0 Å². The molecule has 0 bridgehead atoms. The highest BCUT2D eigenvalue weighted by Crippen LogP contribution is 2.47. The second-order valence-electron chi connectivity index (χ2n) is 7.52. The third-order valence-corrected chi connectivity index (χ3v) is 6.56. The molecule has 1 aromatic rings. The molecule has 0 aliphatic carbocycles. The number of aliphatic hydroxyl groups is 1. The highest BCUT2D eigenvalue weighted by atomic mass is 32.2. The first-order valence-corrected chi connectivity index (χ1v) is 10.5. The van der Waals surface area contributed by atoms with Crippen LogP contribution in [0.25, 0.3) is 0 Å². The second kappa shape index (κ2) is 7.68. The van der Waals surface area contributed by atoms with Crippen molar-refractivity contribution in [3.63, 3.8) is 0 Å². The monoisotopic (exact) mass is 422 g/mol. The number of rotatable bonds is 7. The van der Waals surface area contributed by atoms with E-state index in [0.717, 1.165) is 0 Å². The lowest BCUT2D eigenvalue weighted by atomic mass is 9.76. The zero-order chi connectivity index (χ0) is 21.5. The zero-order valence-electron chi connectivity index (χ0n) is 16.3. The smallest absolute Gasteiger partial charge is 0.356 e. The normalized spacial score (nSPS) is 22.2. The highest BCUT2D eigenvalue weighted by molar-refractivity contribution is 7.89. The molecule has 0 saturated carbocycles. The number of carbonyl (C=O) groups is 2.